The quantitative estimate of drug-likeness (QED) is 0.515. The van der Waals surface area contributed by atoms with E-state index in [1.54, 1.807) is 29.2 Å². The molecule has 6 nitrogen and oxygen atoms in total. The first-order chi connectivity index (χ1) is 14.9. The van der Waals surface area contributed by atoms with Gasteiger partial charge >= 0.3 is 0 Å². The lowest BCUT2D eigenvalue weighted by molar-refractivity contribution is 0.0681. The number of nitrogens with zero attached hydrogens (tertiary/aromatic N) is 1. The van der Waals surface area contributed by atoms with Crippen LogP contribution in [-0.2, 0) is 16.4 Å². The third-order valence-electron chi connectivity index (χ3n) is 5.37. The smallest absolute Gasteiger partial charge is 0.254 e. The molecule has 1 unspecified atom stereocenters. The molecule has 31 heavy (non-hydrogen) atoms. The van der Waals surface area contributed by atoms with Crippen molar-refractivity contribution in [2.24, 2.45) is 0 Å². The molecule has 3 rings (SSSR count). The van der Waals surface area contributed by atoms with Gasteiger partial charge in [-0.15, -0.1) is 0 Å². The van der Waals surface area contributed by atoms with Crippen molar-refractivity contribution in [2.75, 3.05) is 24.7 Å². The maximum absolute atomic E-state index is 13.4. The zero-order valence-electron chi connectivity index (χ0n) is 18.2. The van der Waals surface area contributed by atoms with Crippen LogP contribution in [0.1, 0.15) is 49.0 Å². The van der Waals surface area contributed by atoms with Crippen LogP contribution in [0.25, 0.3) is 0 Å². The minimum absolute atomic E-state index is 0.00792. The summed E-state index contributed by atoms with van der Waals surface area (Å²) in [4.78, 5) is 15.0. The largest absolute Gasteiger partial charge is 0.494 e. The van der Waals surface area contributed by atoms with Crippen LogP contribution < -0.4 is 9.47 Å². The van der Waals surface area contributed by atoms with Gasteiger partial charge in [-0.25, -0.2) is 8.42 Å². The zero-order chi connectivity index (χ0) is 22.3. The highest BCUT2D eigenvalue weighted by Gasteiger charge is 2.35. The summed E-state index contributed by atoms with van der Waals surface area (Å²) < 4.78 is 35.3. The van der Waals surface area contributed by atoms with Gasteiger partial charge in [0.05, 0.1) is 24.7 Å². The summed E-state index contributed by atoms with van der Waals surface area (Å²) in [7, 11) is -3.12. The molecule has 1 aliphatic rings. The number of unbranched alkanes of at least 4 members (excludes halogenated alkanes) is 1. The maximum Gasteiger partial charge on any atom is 0.254 e. The fraction of sp³-hybridized carbons (Fsp3) is 0.458. The molecular formula is C24H31NO5S. The minimum Gasteiger partial charge on any atom is -0.494 e. The molecule has 0 saturated carbocycles. The average molecular weight is 446 g/mol. The van der Waals surface area contributed by atoms with Gasteiger partial charge in [0.15, 0.2) is 9.84 Å². The second-order valence-electron chi connectivity index (χ2n) is 7.79. The fourth-order valence-corrected chi connectivity index (χ4v) is 5.37. The van der Waals surface area contributed by atoms with Crippen molar-refractivity contribution in [3.05, 3.63) is 59.7 Å². The Balaban J connectivity index is 1.77. The summed E-state index contributed by atoms with van der Waals surface area (Å²) in [6, 6.07) is 14.3. The lowest BCUT2D eigenvalue weighted by Gasteiger charge is -2.28. The normalized spacial score (nSPS) is 17.3. The van der Waals surface area contributed by atoms with Crippen LogP contribution in [0.4, 0.5) is 0 Å². The van der Waals surface area contributed by atoms with Crippen LogP contribution in [0.5, 0.6) is 11.5 Å². The van der Waals surface area contributed by atoms with Crippen LogP contribution in [0.2, 0.25) is 0 Å². The zero-order valence-corrected chi connectivity index (χ0v) is 19.1. The SMILES string of the molecule is CCCCOc1ccc(C(=O)N(Cc2ccc(OCC)cc2)C2CCS(=O)(=O)C2)cc1. The molecule has 7 heteroatoms. The van der Waals surface area contributed by atoms with E-state index in [4.69, 9.17) is 9.47 Å². The Morgan fingerprint density at radius 1 is 1.00 bits per heavy atom. The summed E-state index contributed by atoms with van der Waals surface area (Å²) in [6.07, 6.45) is 2.50. The first-order valence-corrected chi connectivity index (χ1v) is 12.7. The number of carbonyl (C=O) groups excluding carboxylic acids is 1. The molecule has 1 saturated heterocycles. The molecular weight excluding hydrogens is 414 g/mol. The van der Waals surface area contributed by atoms with Crippen LogP contribution in [0.3, 0.4) is 0 Å². The number of rotatable bonds is 10. The molecule has 1 amide bonds. The molecule has 1 heterocycles. The summed E-state index contributed by atoms with van der Waals surface area (Å²) in [5.41, 5.74) is 1.46. The van der Waals surface area contributed by atoms with Crippen molar-refractivity contribution in [2.45, 2.75) is 45.7 Å². The molecule has 0 spiro atoms. The second kappa shape index (κ2) is 10.7. The maximum atomic E-state index is 13.4. The molecule has 0 N–H and O–H groups in total. The molecule has 2 aromatic carbocycles. The Bertz CT molecular complexity index is 954. The Morgan fingerprint density at radius 2 is 1.65 bits per heavy atom. The highest BCUT2D eigenvalue weighted by Crippen LogP contribution is 2.24. The third-order valence-corrected chi connectivity index (χ3v) is 7.12. The van der Waals surface area contributed by atoms with E-state index in [9.17, 15) is 13.2 Å². The fourth-order valence-electron chi connectivity index (χ4n) is 3.64. The van der Waals surface area contributed by atoms with Gasteiger partial charge in [0, 0.05) is 18.2 Å². The number of sulfone groups is 1. The first-order valence-electron chi connectivity index (χ1n) is 10.9. The number of ether oxygens (including phenoxy) is 2. The van der Waals surface area contributed by atoms with Gasteiger partial charge in [0.25, 0.3) is 5.91 Å². The molecule has 168 valence electrons. The first kappa shape index (κ1) is 23.1. The van der Waals surface area contributed by atoms with Crippen molar-refractivity contribution >= 4 is 15.7 Å². The Kier molecular flexibility index (Phi) is 7.96. The van der Waals surface area contributed by atoms with E-state index < -0.39 is 9.84 Å². The molecule has 1 atom stereocenters. The highest BCUT2D eigenvalue weighted by atomic mass is 32.2. The van der Waals surface area contributed by atoms with E-state index in [1.807, 2.05) is 31.2 Å². The van der Waals surface area contributed by atoms with Crippen LogP contribution in [0, 0.1) is 0 Å². The second-order valence-corrected chi connectivity index (χ2v) is 10.0. The van der Waals surface area contributed by atoms with Gasteiger partial charge in [-0.2, -0.15) is 0 Å². The highest BCUT2D eigenvalue weighted by molar-refractivity contribution is 7.91. The number of carbonyl (C=O) groups is 1. The summed E-state index contributed by atoms with van der Waals surface area (Å²) in [6.45, 7) is 5.61. The molecule has 2 aromatic rings. The monoisotopic (exact) mass is 445 g/mol. The summed E-state index contributed by atoms with van der Waals surface area (Å²) in [5, 5.41) is 0. The van der Waals surface area contributed by atoms with E-state index in [0.29, 0.717) is 31.7 Å². The summed E-state index contributed by atoms with van der Waals surface area (Å²) in [5.74, 6) is 1.46. The van der Waals surface area contributed by atoms with Crippen molar-refractivity contribution in [3.63, 3.8) is 0 Å². The topological polar surface area (TPSA) is 72.9 Å². The molecule has 0 aromatic heterocycles. The van der Waals surface area contributed by atoms with E-state index in [-0.39, 0.29) is 23.5 Å². The number of hydrogen-bond donors (Lipinski definition) is 0. The van der Waals surface area contributed by atoms with Gasteiger partial charge < -0.3 is 14.4 Å². The van der Waals surface area contributed by atoms with Gasteiger partial charge in [0.1, 0.15) is 11.5 Å². The van der Waals surface area contributed by atoms with Crippen LogP contribution >= 0.6 is 0 Å². The number of amides is 1. The minimum atomic E-state index is -3.12. The van der Waals surface area contributed by atoms with Gasteiger partial charge in [-0.3, -0.25) is 4.79 Å². The Hall–Kier alpha value is -2.54. The lowest BCUT2D eigenvalue weighted by atomic mass is 10.1. The van der Waals surface area contributed by atoms with Crippen molar-refractivity contribution in [1.29, 1.82) is 0 Å². The van der Waals surface area contributed by atoms with Gasteiger partial charge in [-0.05, 0) is 61.7 Å². The average Bonchev–Trinajstić information content (AvgIpc) is 3.13. The van der Waals surface area contributed by atoms with Gasteiger partial charge in [-0.1, -0.05) is 25.5 Å². The van der Waals surface area contributed by atoms with Crippen molar-refractivity contribution in [1.82, 2.24) is 4.90 Å². The Labute approximate surface area is 185 Å². The van der Waals surface area contributed by atoms with Crippen LogP contribution in [-0.4, -0.2) is 50.0 Å². The van der Waals surface area contributed by atoms with E-state index in [0.717, 1.165) is 29.9 Å². The molecule has 0 bridgehead atoms. The van der Waals surface area contributed by atoms with Crippen LogP contribution in [0.15, 0.2) is 48.5 Å². The summed E-state index contributed by atoms with van der Waals surface area (Å²) >= 11 is 0. The predicted molar refractivity (Wildman–Crippen MR) is 121 cm³/mol. The van der Waals surface area contributed by atoms with E-state index in [2.05, 4.69) is 6.92 Å². The van der Waals surface area contributed by atoms with Crippen molar-refractivity contribution < 1.29 is 22.7 Å². The van der Waals surface area contributed by atoms with Crippen molar-refractivity contribution in [3.8, 4) is 11.5 Å². The predicted octanol–water partition coefficient (Wildman–Crippen LogP) is 4.09. The number of hydrogen-bond acceptors (Lipinski definition) is 5. The molecule has 0 aliphatic carbocycles. The third kappa shape index (κ3) is 6.47. The molecule has 1 fully saturated rings. The van der Waals surface area contributed by atoms with E-state index >= 15 is 0 Å². The lowest BCUT2D eigenvalue weighted by Crippen LogP contribution is -2.40. The standard InChI is InChI=1S/C24H31NO5S/c1-3-5-15-30-23-12-8-20(9-13-23)24(26)25(21-14-16-31(27,28)18-21)17-19-6-10-22(11-7-19)29-4-2/h6-13,21H,3-5,14-18H2,1-2H3. The molecule has 0 radical (unpaired) electrons. The van der Waals surface area contributed by atoms with Gasteiger partial charge in [0.2, 0.25) is 0 Å². The molecule has 1 aliphatic heterocycles. The van der Waals surface area contributed by atoms with E-state index in [1.165, 1.54) is 0 Å². The number of benzene rings is 2. The Morgan fingerprint density at radius 3 is 2.23 bits per heavy atom.